The summed E-state index contributed by atoms with van der Waals surface area (Å²) < 4.78 is 18.6. The first-order valence-electron chi connectivity index (χ1n) is 13.0. The van der Waals surface area contributed by atoms with Crippen molar-refractivity contribution in [2.45, 2.75) is 109 Å². The maximum absolute atomic E-state index is 12.3. The number of hydrogen-bond donors (Lipinski definition) is 0. The SMILES string of the molecule is C[C@@H]1COC(C)(C)O[C@H]2C[C@H]3[C@@H]4CC[C@H]5C(C)(C)OC(=O)C=C[C@@]56C[C@]4(CC[C@]3(C)[C@@H]12)OO6. The fourth-order valence-corrected chi connectivity index (χ4v) is 9.28. The predicted octanol–water partition coefficient (Wildman–Crippen LogP) is 4.96. The zero-order chi connectivity index (χ0) is 23.4. The quantitative estimate of drug-likeness (QED) is 0.376. The third kappa shape index (κ3) is 3.09. The molecule has 0 aromatic heterocycles. The van der Waals surface area contributed by atoms with Gasteiger partial charge in [-0.15, -0.1) is 0 Å². The molecule has 0 amide bonds. The Hall–Kier alpha value is -0.950. The minimum absolute atomic E-state index is 0.0679. The Bertz CT molecular complexity index is 880. The first-order valence-corrected chi connectivity index (χ1v) is 13.0. The monoisotopic (exact) mass is 460 g/mol. The van der Waals surface area contributed by atoms with Crippen LogP contribution in [0.15, 0.2) is 12.2 Å². The number of cyclic esters (lactones) is 1. The topological polar surface area (TPSA) is 63.2 Å². The van der Waals surface area contributed by atoms with E-state index in [2.05, 4.69) is 27.7 Å². The molecule has 33 heavy (non-hydrogen) atoms. The van der Waals surface area contributed by atoms with Crippen molar-refractivity contribution >= 4 is 5.97 Å². The molecule has 6 rings (SSSR count). The third-order valence-electron chi connectivity index (χ3n) is 10.5. The number of rotatable bonds is 0. The highest BCUT2D eigenvalue weighted by atomic mass is 17.2. The van der Waals surface area contributed by atoms with E-state index in [1.54, 1.807) is 6.08 Å². The van der Waals surface area contributed by atoms with Crippen LogP contribution in [0.2, 0.25) is 0 Å². The van der Waals surface area contributed by atoms with Crippen LogP contribution in [-0.2, 0) is 28.8 Å². The minimum atomic E-state index is -0.604. The van der Waals surface area contributed by atoms with Gasteiger partial charge in [0.2, 0.25) is 0 Å². The molecule has 2 saturated heterocycles. The van der Waals surface area contributed by atoms with Crippen molar-refractivity contribution in [2.24, 2.45) is 35.0 Å². The second-order valence-electron chi connectivity index (χ2n) is 13.2. The van der Waals surface area contributed by atoms with Crippen molar-refractivity contribution in [1.82, 2.24) is 0 Å². The molecule has 5 fully saturated rings. The molecular formula is C27H40O6. The molecule has 3 aliphatic carbocycles. The molecule has 2 bridgehead atoms. The maximum atomic E-state index is 12.3. The molecule has 3 heterocycles. The molecule has 0 aromatic carbocycles. The van der Waals surface area contributed by atoms with E-state index in [1.807, 2.05) is 19.9 Å². The molecule has 184 valence electrons. The van der Waals surface area contributed by atoms with E-state index in [1.165, 1.54) is 0 Å². The van der Waals surface area contributed by atoms with Gasteiger partial charge in [0.15, 0.2) is 5.79 Å². The first-order chi connectivity index (χ1) is 15.4. The summed E-state index contributed by atoms with van der Waals surface area (Å²) in [7, 11) is 0. The van der Waals surface area contributed by atoms with Crippen LogP contribution in [0, 0.1) is 35.0 Å². The van der Waals surface area contributed by atoms with Crippen LogP contribution >= 0.6 is 0 Å². The zero-order valence-electron chi connectivity index (χ0n) is 21.0. The highest BCUT2D eigenvalue weighted by Gasteiger charge is 2.70. The molecule has 3 saturated carbocycles. The lowest BCUT2D eigenvalue weighted by Gasteiger charge is -2.52. The van der Waals surface area contributed by atoms with Crippen molar-refractivity contribution < 1.29 is 28.8 Å². The molecule has 0 unspecified atom stereocenters. The fraction of sp³-hybridized carbons (Fsp3) is 0.889. The van der Waals surface area contributed by atoms with Crippen molar-refractivity contribution in [3.63, 3.8) is 0 Å². The molecule has 6 heteroatoms. The average molecular weight is 461 g/mol. The van der Waals surface area contributed by atoms with Crippen LogP contribution in [0.4, 0.5) is 0 Å². The van der Waals surface area contributed by atoms with E-state index in [9.17, 15) is 4.79 Å². The number of hydrogen-bond acceptors (Lipinski definition) is 6. The zero-order valence-corrected chi connectivity index (χ0v) is 21.0. The minimum Gasteiger partial charge on any atom is -0.456 e. The Kier molecular flexibility index (Phi) is 4.66. The molecular weight excluding hydrogens is 420 g/mol. The van der Waals surface area contributed by atoms with Crippen LogP contribution in [0.1, 0.15) is 80.1 Å². The van der Waals surface area contributed by atoms with Gasteiger partial charge in [0.05, 0.1) is 12.7 Å². The fourth-order valence-electron chi connectivity index (χ4n) is 9.28. The third-order valence-corrected chi connectivity index (χ3v) is 10.5. The van der Waals surface area contributed by atoms with Crippen LogP contribution in [0.3, 0.4) is 0 Å². The highest BCUT2D eigenvalue weighted by Crippen LogP contribution is 2.69. The van der Waals surface area contributed by atoms with Crippen LogP contribution in [0.25, 0.3) is 0 Å². The van der Waals surface area contributed by atoms with Gasteiger partial charge in [-0.05, 0) is 95.0 Å². The van der Waals surface area contributed by atoms with Crippen molar-refractivity contribution in [3.05, 3.63) is 12.2 Å². The van der Waals surface area contributed by atoms with Gasteiger partial charge in [0, 0.05) is 18.4 Å². The maximum Gasteiger partial charge on any atom is 0.331 e. The Morgan fingerprint density at radius 3 is 2.58 bits per heavy atom. The molecule has 2 spiro atoms. The summed E-state index contributed by atoms with van der Waals surface area (Å²) in [6.45, 7) is 13.8. The molecule has 0 aromatic rings. The molecule has 3 aliphatic heterocycles. The van der Waals surface area contributed by atoms with Crippen molar-refractivity contribution in [2.75, 3.05) is 6.61 Å². The summed E-state index contributed by atoms with van der Waals surface area (Å²) in [6, 6.07) is 0. The highest BCUT2D eigenvalue weighted by molar-refractivity contribution is 5.83. The first kappa shape index (κ1) is 22.5. The number of carbonyl (C=O) groups is 1. The lowest BCUT2D eigenvalue weighted by molar-refractivity contribution is -0.378. The van der Waals surface area contributed by atoms with Gasteiger partial charge in [-0.25, -0.2) is 14.6 Å². The molecule has 0 N–H and O–H groups in total. The second kappa shape index (κ2) is 6.83. The molecule has 0 radical (unpaired) electrons. The summed E-state index contributed by atoms with van der Waals surface area (Å²) in [5.74, 6) is 1.13. The van der Waals surface area contributed by atoms with Gasteiger partial charge < -0.3 is 14.2 Å². The van der Waals surface area contributed by atoms with E-state index in [-0.39, 0.29) is 29.0 Å². The Labute approximate surface area is 197 Å². The Morgan fingerprint density at radius 1 is 1.00 bits per heavy atom. The van der Waals surface area contributed by atoms with E-state index >= 15 is 0 Å². The summed E-state index contributed by atoms with van der Waals surface area (Å²) >= 11 is 0. The predicted molar refractivity (Wildman–Crippen MR) is 121 cm³/mol. The van der Waals surface area contributed by atoms with Gasteiger partial charge in [-0.2, -0.15) is 0 Å². The summed E-state index contributed by atoms with van der Waals surface area (Å²) in [5.41, 5.74) is -1.30. The van der Waals surface area contributed by atoms with Crippen LogP contribution in [0.5, 0.6) is 0 Å². The van der Waals surface area contributed by atoms with Gasteiger partial charge >= 0.3 is 5.97 Å². The smallest absolute Gasteiger partial charge is 0.331 e. The number of fused-ring (bicyclic) bond motifs is 4. The van der Waals surface area contributed by atoms with E-state index in [0.29, 0.717) is 23.7 Å². The largest absolute Gasteiger partial charge is 0.456 e. The Morgan fingerprint density at radius 2 is 1.79 bits per heavy atom. The van der Waals surface area contributed by atoms with E-state index in [0.717, 1.165) is 45.1 Å². The molecule has 6 aliphatic rings. The molecule has 9 atom stereocenters. The Balaban J connectivity index is 1.38. The molecule has 6 nitrogen and oxygen atoms in total. The van der Waals surface area contributed by atoms with Gasteiger partial charge in [0.1, 0.15) is 16.8 Å². The normalized spacial score (nSPS) is 54.1. The average Bonchev–Trinajstić information content (AvgIpc) is 3.08. The number of carbonyl (C=O) groups excluding carboxylic acids is 1. The number of ether oxygens (including phenoxy) is 3. The van der Waals surface area contributed by atoms with Crippen LogP contribution in [-0.4, -0.2) is 41.3 Å². The van der Waals surface area contributed by atoms with E-state index in [4.69, 9.17) is 24.0 Å². The van der Waals surface area contributed by atoms with Gasteiger partial charge in [-0.1, -0.05) is 13.8 Å². The second-order valence-corrected chi connectivity index (χ2v) is 13.2. The number of esters is 1. The lowest BCUT2D eigenvalue weighted by Crippen LogP contribution is -2.52. The summed E-state index contributed by atoms with van der Waals surface area (Å²) in [5, 5.41) is 0. The lowest BCUT2D eigenvalue weighted by atomic mass is 9.54. The summed E-state index contributed by atoms with van der Waals surface area (Å²) in [4.78, 5) is 25.0. The van der Waals surface area contributed by atoms with E-state index < -0.39 is 17.0 Å². The standard InChI is InChI=1S/C27H40O6/c1-16-14-29-24(4,5)30-19-13-18-17-7-8-20-23(2,3)31-21(28)9-10-27(20)15-26(17,32-33-27)12-11-25(18,6)22(16)19/h9-10,16-20,22H,7-8,11-15H2,1-6H3/t16-,17+,18+,19+,20+,22+,25+,26+,27-/m1/s1. The van der Waals surface area contributed by atoms with Crippen LogP contribution < -0.4 is 0 Å². The van der Waals surface area contributed by atoms with Crippen molar-refractivity contribution in [1.29, 1.82) is 0 Å². The van der Waals surface area contributed by atoms with Crippen molar-refractivity contribution in [3.8, 4) is 0 Å². The summed E-state index contributed by atoms with van der Waals surface area (Å²) in [6.07, 6.45) is 9.71. The van der Waals surface area contributed by atoms with Gasteiger partial charge in [-0.3, -0.25) is 0 Å². The van der Waals surface area contributed by atoms with Gasteiger partial charge in [0.25, 0.3) is 0 Å².